The lowest BCUT2D eigenvalue weighted by atomic mass is 10.1. The molecule has 1 aromatic carbocycles. The van der Waals surface area contributed by atoms with E-state index in [0.717, 1.165) is 5.56 Å². The molecule has 112 valence electrons. The number of carbonyl (C=O) groups is 1. The molecule has 0 atom stereocenters. The number of methoxy groups -OCH3 is 2. The number of anilines is 1. The Balaban J connectivity index is 2.31. The van der Waals surface area contributed by atoms with Crippen molar-refractivity contribution in [3.63, 3.8) is 0 Å². The van der Waals surface area contributed by atoms with Crippen LogP contribution in [0.5, 0.6) is 11.5 Å². The Kier molecular flexibility index (Phi) is 4.21. The van der Waals surface area contributed by atoms with Crippen LogP contribution in [0.25, 0.3) is 0 Å². The number of ether oxygens (including phenoxy) is 2. The molecule has 21 heavy (non-hydrogen) atoms. The Bertz CT molecular complexity index is 673. The van der Waals surface area contributed by atoms with Gasteiger partial charge in [-0.05, 0) is 38.5 Å². The summed E-state index contributed by atoms with van der Waals surface area (Å²) in [6.07, 6.45) is 0. The van der Waals surface area contributed by atoms with E-state index in [-0.39, 0.29) is 5.91 Å². The maximum Gasteiger partial charge on any atom is 0.259 e. The lowest BCUT2D eigenvalue weighted by Gasteiger charge is -2.13. The van der Waals surface area contributed by atoms with Gasteiger partial charge in [-0.3, -0.25) is 4.79 Å². The molecule has 0 fully saturated rings. The molecule has 5 nitrogen and oxygen atoms in total. The zero-order valence-electron chi connectivity index (χ0n) is 12.9. The number of nitrogens with one attached hydrogen (secondary N) is 1. The van der Waals surface area contributed by atoms with E-state index in [0.29, 0.717) is 34.3 Å². The number of hydrogen-bond acceptors (Lipinski definition) is 4. The summed E-state index contributed by atoms with van der Waals surface area (Å²) in [4.78, 5) is 12.3. The monoisotopic (exact) mass is 289 g/mol. The van der Waals surface area contributed by atoms with Crippen LogP contribution in [0.3, 0.4) is 0 Å². The molecule has 1 amide bonds. The molecule has 1 heterocycles. The van der Waals surface area contributed by atoms with Crippen LogP contribution in [0.1, 0.15) is 27.4 Å². The summed E-state index contributed by atoms with van der Waals surface area (Å²) >= 11 is 0. The quantitative estimate of drug-likeness (QED) is 0.936. The molecule has 2 aromatic rings. The number of aryl methyl sites for hydroxylation is 3. The third kappa shape index (κ3) is 3.02. The second kappa shape index (κ2) is 5.91. The van der Waals surface area contributed by atoms with Crippen molar-refractivity contribution in [2.24, 2.45) is 0 Å². The highest BCUT2D eigenvalue weighted by Gasteiger charge is 2.16. The number of hydrogen-bond donors (Lipinski definition) is 1. The van der Waals surface area contributed by atoms with Crippen LogP contribution in [0.4, 0.5) is 5.69 Å². The molecule has 1 aromatic heterocycles. The van der Waals surface area contributed by atoms with Crippen molar-refractivity contribution < 1.29 is 18.7 Å². The van der Waals surface area contributed by atoms with Gasteiger partial charge in [0.15, 0.2) is 11.5 Å². The Hall–Kier alpha value is -2.43. The summed E-state index contributed by atoms with van der Waals surface area (Å²) in [7, 11) is 3.13. The fourth-order valence-electron chi connectivity index (χ4n) is 2.16. The van der Waals surface area contributed by atoms with Gasteiger partial charge in [0.25, 0.3) is 5.91 Å². The number of amides is 1. The molecule has 0 aliphatic carbocycles. The topological polar surface area (TPSA) is 60.7 Å². The predicted molar refractivity (Wildman–Crippen MR) is 80.4 cm³/mol. The normalized spacial score (nSPS) is 10.3. The van der Waals surface area contributed by atoms with Gasteiger partial charge in [-0.2, -0.15) is 0 Å². The van der Waals surface area contributed by atoms with Gasteiger partial charge < -0.3 is 19.2 Å². The van der Waals surface area contributed by atoms with E-state index in [4.69, 9.17) is 13.9 Å². The molecular formula is C16H19NO4. The third-order valence-corrected chi connectivity index (χ3v) is 3.26. The highest BCUT2D eigenvalue weighted by atomic mass is 16.5. The first-order chi connectivity index (χ1) is 9.96. The van der Waals surface area contributed by atoms with Crippen molar-refractivity contribution in [3.05, 3.63) is 40.8 Å². The standard InChI is InChI=1S/C16H19NO4/c1-9-6-14(19-4)15(20-5)8-13(9)17-16(18)12-7-10(2)21-11(12)3/h6-8H,1-5H3,(H,17,18). The summed E-state index contributed by atoms with van der Waals surface area (Å²) in [5.74, 6) is 2.30. The fourth-order valence-corrected chi connectivity index (χ4v) is 2.16. The SMILES string of the molecule is COc1cc(C)c(NC(=O)c2cc(C)oc2C)cc1OC. The van der Waals surface area contributed by atoms with E-state index in [1.54, 1.807) is 33.3 Å². The minimum absolute atomic E-state index is 0.209. The van der Waals surface area contributed by atoms with E-state index < -0.39 is 0 Å². The molecule has 0 unspecified atom stereocenters. The highest BCUT2D eigenvalue weighted by molar-refractivity contribution is 6.05. The number of benzene rings is 1. The lowest BCUT2D eigenvalue weighted by molar-refractivity contribution is 0.102. The van der Waals surface area contributed by atoms with Crippen molar-refractivity contribution in [2.45, 2.75) is 20.8 Å². The summed E-state index contributed by atoms with van der Waals surface area (Å²) in [5, 5.41) is 2.87. The van der Waals surface area contributed by atoms with E-state index in [1.165, 1.54) is 0 Å². The zero-order valence-corrected chi connectivity index (χ0v) is 12.9. The van der Waals surface area contributed by atoms with Gasteiger partial charge in [0.2, 0.25) is 0 Å². The fraction of sp³-hybridized carbons (Fsp3) is 0.312. The second-order valence-corrected chi connectivity index (χ2v) is 4.80. The van der Waals surface area contributed by atoms with E-state index in [1.807, 2.05) is 19.9 Å². The molecule has 0 saturated carbocycles. The first-order valence-electron chi connectivity index (χ1n) is 6.57. The van der Waals surface area contributed by atoms with Gasteiger partial charge in [-0.1, -0.05) is 0 Å². The summed E-state index contributed by atoms with van der Waals surface area (Å²) in [6.45, 7) is 5.47. The molecule has 0 bridgehead atoms. The minimum Gasteiger partial charge on any atom is -0.493 e. The number of rotatable bonds is 4. The first-order valence-corrected chi connectivity index (χ1v) is 6.57. The first kappa shape index (κ1) is 15.0. The maximum absolute atomic E-state index is 12.3. The van der Waals surface area contributed by atoms with E-state index in [2.05, 4.69) is 5.32 Å². The Labute approximate surface area is 123 Å². The molecule has 0 radical (unpaired) electrons. The number of carbonyl (C=O) groups excluding carboxylic acids is 1. The van der Waals surface area contributed by atoms with Crippen molar-refractivity contribution >= 4 is 11.6 Å². The van der Waals surface area contributed by atoms with Crippen molar-refractivity contribution in [2.75, 3.05) is 19.5 Å². The molecule has 0 spiro atoms. The lowest BCUT2D eigenvalue weighted by Crippen LogP contribution is -2.13. The molecular weight excluding hydrogens is 270 g/mol. The second-order valence-electron chi connectivity index (χ2n) is 4.80. The van der Waals surface area contributed by atoms with Gasteiger partial charge in [0, 0.05) is 11.8 Å². The average molecular weight is 289 g/mol. The summed E-state index contributed by atoms with van der Waals surface area (Å²) < 4.78 is 15.9. The molecule has 0 aliphatic heterocycles. The average Bonchev–Trinajstić information content (AvgIpc) is 2.79. The van der Waals surface area contributed by atoms with Crippen LogP contribution in [0, 0.1) is 20.8 Å². The van der Waals surface area contributed by atoms with E-state index in [9.17, 15) is 4.79 Å². The van der Waals surface area contributed by atoms with Crippen LogP contribution in [-0.2, 0) is 0 Å². The van der Waals surface area contributed by atoms with E-state index >= 15 is 0 Å². The van der Waals surface area contributed by atoms with Gasteiger partial charge in [0.05, 0.1) is 19.8 Å². The van der Waals surface area contributed by atoms with Crippen LogP contribution >= 0.6 is 0 Å². The van der Waals surface area contributed by atoms with Crippen LogP contribution in [0.15, 0.2) is 22.6 Å². The molecule has 5 heteroatoms. The van der Waals surface area contributed by atoms with Gasteiger partial charge >= 0.3 is 0 Å². The number of furan rings is 1. The van der Waals surface area contributed by atoms with Crippen LogP contribution in [-0.4, -0.2) is 20.1 Å². The molecule has 1 N–H and O–H groups in total. The van der Waals surface area contributed by atoms with Crippen molar-refractivity contribution in [1.29, 1.82) is 0 Å². The Morgan fingerprint density at radius 2 is 1.67 bits per heavy atom. The van der Waals surface area contributed by atoms with Crippen LogP contribution < -0.4 is 14.8 Å². The van der Waals surface area contributed by atoms with Gasteiger partial charge in [0.1, 0.15) is 11.5 Å². The molecule has 2 rings (SSSR count). The zero-order chi connectivity index (χ0) is 15.6. The summed E-state index contributed by atoms with van der Waals surface area (Å²) in [5.41, 5.74) is 2.09. The van der Waals surface area contributed by atoms with Gasteiger partial charge in [-0.25, -0.2) is 0 Å². The Morgan fingerprint density at radius 1 is 1.05 bits per heavy atom. The smallest absolute Gasteiger partial charge is 0.259 e. The third-order valence-electron chi connectivity index (χ3n) is 3.26. The highest BCUT2D eigenvalue weighted by Crippen LogP contribution is 2.33. The van der Waals surface area contributed by atoms with Crippen LogP contribution in [0.2, 0.25) is 0 Å². The predicted octanol–water partition coefficient (Wildman–Crippen LogP) is 3.47. The van der Waals surface area contributed by atoms with Crippen molar-refractivity contribution in [3.8, 4) is 11.5 Å². The van der Waals surface area contributed by atoms with Crippen molar-refractivity contribution in [1.82, 2.24) is 0 Å². The maximum atomic E-state index is 12.3. The van der Waals surface area contributed by atoms with Gasteiger partial charge in [-0.15, -0.1) is 0 Å². The molecule has 0 saturated heterocycles. The summed E-state index contributed by atoms with van der Waals surface area (Å²) in [6, 6.07) is 5.29. The molecule has 0 aliphatic rings. The Morgan fingerprint density at radius 3 is 2.19 bits per heavy atom. The minimum atomic E-state index is -0.209. The largest absolute Gasteiger partial charge is 0.493 e.